The Morgan fingerprint density at radius 3 is 2.80 bits per heavy atom. The van der Waals surface area contributed by atoms with Crippen LogP contribution in [0.25, 0.3) is 0 Å². The van der Waals surface area contributed by atoms with Crippen LogP contribution in [0.2, 0.25) is 0 Å². The lowest BCUT2D eigenvalue weighted by Gasteiger charge is -2.35. The van der Waals surface area contributed by atoms with Crippen molar-refractivity contribution in [3.05, 3.63) is 0 Å². The Bertz CT molecular complexity index is 127. The number of piperazine rings is 1. The zero-order valence-electron chi connectivity index (χ0n) is 6.50. The Morgan fingerprint density at radius 2 is 2.30 bits per heavy atom. The number of rotatable bonds is 1. The number of nitrogens with zero attached hydrogens (tertiary/aromatic N) is 1. The quantitative estimate of drug-likeness (QED) is 0.515. The fourth-order valence-electron chi connectivity index (χ4n) is 1.23. The molecular formula is C7H14N2O. The van der Waals surface area contributed by atoms with Crippen molar-refractivity contribution in [3.8, 4) is 0 Å². The molecule has 1 saturated heterocycles. The summed E-state index contributed by atoms with van der Waals surface area (Å²) in [6.07, 6.45) is 0.933. The van der Waals surface area contributed by atoms with Gasteiger partial charge < -0.3 is 10.2 Å². The van der Waals surface area contributed by atoms with E-state index >= 15 is 0 Å². The fourth-order valence-corrected chi connectivity index (χ4v) is 1.23. The molecule has 0 aromatic rings. The third-order valence-corrected chi connectivity index (χ3v) is 2.22. The maximum atomic E-state index is 10.4. The van der Waals surface area contributed by atoms with Crippen molar-refractivity contribution in [2.45, 2.75) is 25.9 Å². The summed E-state index contributed by atoms with van der Waals surface area (Å²) in [5, 5.41) is 3.30. The van der Waals surface area contributed by atoms with Crippen molar-refractivity contribution in [3.63, 3.8) is 0 Å². The first-order valence-corrected chi connectivity index (χ1v) is 3.70. The lowest BCUT2D eigenvalue weighted by atomic mass is 10.1. The highest BCUT2D eigenvalue weighted by Gasteiger charge is 2.21. The maximum Gasteiger partial charge on any atom is 0.210 e. The highest BCUT2D eigenvalue weighted by atomic mass is 16.1. The minimum absolute atomic E-state index is 0.339. The number of carbonyl (C=O) groups excluding carboxylic acids is 1. The molecule has 0 aliphatic carbocycles. The van der Waals surface area contributed by atoms with E-state index in [4.69, 9.17) is 0 Å². The Hall–Kier alpha value is -0.570. The van der Waals surface area contributed by atoms with E-state index in [9.17, 15) is 4.79 Å². The molecule has 2 unspecified atom stereocenters. The summed E-state index contributed by atoms with van der Waals surface area (Å²) in [6.45, 7) is 5.92. The van der Waals surface area contributed by atoms with Gasteiger partial charge in [0.1, 0.15) is 0 Å². The Balaban J connectivity index is 2.50. The van der Waals surface area contributed by atoms with Gasteiger partial charge in [-0.1, -0.05) is 0 Å². The molecular weight excluding hydrogens is 128 g/mol. The van der Waals surface area contributed by atoms with Crippen LogP contribution in [-0.4, -0.2) is 36.5 Å². The van der Waals surface area contributed by atoms with Crippen LogP contribution >= 0.6 is 0 Å². The van der Waals surface area contributed by atoms with Gasteiger partial charge in [-0.25, -0.2) is 0 Å². The van der Waals surface area contributed by atoms with Crippen LogP contribution in [0.15, 0.2) is 0 Å². The smallest absolute Gasteiger partial charge is 0.210 e. The van der Waals surface area contributed by atoms with Gasteiger partial charge in [-0.05, 0) is 13.8 Å². The fraction of sp³-hybridized carbons (Fsp3) is 0.857. The summed E-state index contributed by atoms with van der Waals surface area (Å²) in [6, 6.07) is 0.769. The highest BCUT2D eigenvalue weighted by Crippen LogP contribution is 2.04. The summed E-state index contributed by atoms with van der Waals surface area (Å²) < 4.78 is 0. The van der Waals surface area contributed by atoms with Gasteiger partial charge in [0.05, 0.1) is 0 Å². The molecule has 0 saturated carbocycles. The van der Waals surface area contributed by atoms with E-state index in [1.807, 2.05) is 4.90 Å². The monoisotopic (exact) mass is 142 g/mol. The van der Waals surface area contributed by atoms with Gasteiger partial charge in [-0.15, -0.1) is 0 Å². The zero-order chi connectivity index (χ0) is 7.56. The third kappa shape index (κ3) is 1.29. The molecule has 1 rings (SSSR count). The summed E-state index contributed by atoms with van der Waals surface area (Å²) in [5.41, 5.74) is 0. The molecule has 1 amide bonds. The van der Waals surface area contributed by atoms with Gasteiger partial charge in [-0.3, -0.25) is 4.79 Å². The van der Waals surface area contributed by atoms with E-state index in [0.717, 1.165) is 19.5 Å². The molecule has 3 nitrogen and oxygen atoms in total. The second-order valence-corrected chi connectivity index (χ2v) is 2.83. The molecule has 0 radical (unpaired) electrons. The molecule has 1 N–H and O–H groups in total. The highest BCUT2D eigenvalue weighted by molar-refractivity contribution is 5.48. The summed E-state index contributed by atoms with van der Waals surface area (Å²) in [5.74, 6) is 0. The van der Waals surface area contributed by atoms with Crippen LogP contribution < -0.4 is 5.32 Å². The molecule has 1 aliphatic heterocycles. The van der Waals surface area contributed by atoms with Gasteiger partial charge in [-0.2, -0.15) is 0 Å². The maximum absolute atomic E-state index is 10.4. The number of nitrogens with one attached hydrogen (secondary N) is 1. The van der Waals surface area contributed by atoms with Gasteiger partial charge in [0.15, 0.2) is 0 Å². The second-order valence-electron chi connectivity index (χ2n) is 2.83. The van der Waals surface area contributed by atoms with E-state index in [-0.39, 0.29) is 0 Å². The van der Waals surface area contributed by atoms with Crippen LogP contribution in [0.3, 0.4) is 0 Å². The first-order chi connectivity index (χ1) is 4.75. The van der Waals surface area contributed by atoms with Gasteiger partial charge in [0, 0.05) is 25.2 Å². The van der Waals surface area contributed by atoms with Crippen molar-refractivity contribution in [1.29, 1.82) is 0 Å². The van der Waals surface area contributed by atoms with Crippen molar-refractivity contribution in [1.82, 2.24) is 10.2 Å². The number of hydrogen-bond acceptors (Lipinski definition) is 2. The normalized spacial score (nSPS) is 34.0. The lowest BCUT2D eigenvalue weighted by molar-refractivity contribution is -0.121. The Kier molecular flexibility index (Phi) is 2.27. The summed E-state index contributed by atoms with van der Waals surface area (Å²) in [7, 11) is 0. The molecule has 1 fully saturated rings. The predicted octanol–water partition coefficient (Wildman–Crippen LogP) is -0.175. The molecule has 58 valence electrons. The largest absolute Gasteiger partial charge is 0.340 e. The van der Waals surface area contributed by atoms with Crippen LogP contribution in [-0.2, 0) is 4.79 Å². The summed E-state index contributed by atoms with van der Waals surface area (Å²) in [4.78, 5) is 12.2. The van der Waals surface area contributed by atoms with E-state index in [1.54, 1.807) is 0 Å². The molecule has 0 spiro atoms. The van der Waals surface area contributed by atoms with Crippen molar-refractivity contribution < 1.29 is 4.79 Å². The Labute approximate surface area is 61.4 Å². The molecule has 3 heteroatoms. The van der Waals surface area contributed by atoms with E-state index in [1.165, 1.54) is 0 Å². The topological polar surface area (TPSA) is 32.3 Å². The van der Waals surface area contributed by atoms with Gasteiger partial charge in [0.25, 0.3) is 0 Å². The van der Waals surface area contributed by atoms with E-state index in [2.05, 4.69) is 19.2 Å². The van der Waals surface area contributed by atoms with Crippen LogP contribution in [0, 0.1) is 0 Å². The van der Waals surface area contributed by atoms with Crippen LogP contribution in [0.1, 0.15) is 13.8 Å². The summed E-state index contributed by atoms with van der Waals surface area (Å²) >= 11 is 0. The number of carbonyl (C=O) groups is 1. The first kappa shape index (κ1) is 7.54. The molecule has 1 aliphatic rings. The van der Waals surface area contributed by atoms with Crippen molar-refractivity contribution >= 4 is 6.41 Å². The molecule has 10 heavy (non-hydrogen) atoms. The van der Waals surface area contributed by atoms with E-state index in [0.29, 0.717) is 12.1 Å². The van der Waals surface area contributed by atoms with Crippen molar-refractivity contribution in [2.75, 3.05) is 13.1 Å². The number of hydrogen-bond donors (Lipinski definition) is 1. The Morgan fingerprint density at radius 1 is 1.60 bits per heavy atom. The molecule has 0 aromatic heterocycles. The average molecular weight is 142 g/mol. The molecule has 2 atom stereocenters. The minimum atomic E-state index is 0.339. The standard InChI is InChI=1S/C7H14N2O/c1-6-7(2)9(5-10)4-3-8-6/h5-8H,3-4H2,1-2H3. The zero-order valence-corrected chi connectivity index (χ0v) is 6.50. The third-order valence-electron chi connectivity index (χ3n) is 2.22. The van der Waals surface area contributed by atoms with Crippen LogP contribution in [0.4, 0.5) is 0 Å². The number of amides is 1. The van der Waals surface area contributed by atoms with Gasteiger partial charge in [0.2, 0.25) is 6.41 Å². The second kappa shape index (κ2) is 3.01. The molecule has 0 aromatic carbocycles. The molecule has 1 heterocycles. The van der Waals surface area contributed by atoms with E-state index < -0.39 is 0 Å². The predicted molar refractivity (Wildman–Crippen MR) is 39.7 cm³/mol. The SMILES string of the molecule is CC1NCCN(C=O)C1C. The average Bonchev–Trinajstić information content (AvgIpc) is 1.95. The minimum Gasteiger partial charge on any atom is -0.340 e. The molecule has 0 bridgehead atoms. The van der Waals surface area contributed by atoms with Crippen molar-refractivity contribution in [2.24, 2.45) is 0 Å². The first-order valence-electron chi connectivity index (χ1n) is 3.70. The van der Waals surface area contributed by atoms with Crippen LogP contribution in [0.5, 0.6) is 0 Å². The van der Waals surface area contributed by atoms with Gasteiger partial charge >= 0.3 is 0 Å². The lowest BCUT2D eigenvalue weighted by Crippen LogP contribution is -2.54.